The first-order chi connectivity index (χ1) is 11.6. The van der Waals surface area contributed by atoms with Crippen LogP contribution in [0.3, 0.4) is 0 Å². The number of aromatic nitrogens is 1. The average molecular weight is 331 g/mol. The van der Waals surface area contributed by atoms with E-state index in [9.17, 15) is 4.79 Å². The van der Waals surface area contributed by atoms with Crippen molar-refractivity contribution in [2.24, 2.45) is 0 Å². The minimum absolute atomic E-state index is 0.0170. The van der Waals surface area contributed by atoms with Gasteiger partial charge in [-0.3, -0.25) is 14.7 Å². The quantitative estimate of drug-likeness (QED) is 0.831. The van der Waals surface area contributed by atoms with Gasteiger partial charge in [-0.05, 0) is 44.4 Å². The topological polar surface area (TPSA) is 45.7 Å². The number of likely N-dealkylation sites (tertiary alicyclic amines) is 1. The van der Waals surface area contributed by atoms with Crippen molar-refractivity contribution >= 4 is 5.91 Å². The molecule has 132 valence electrons. The number of carbonyl (C=O) groups is 1. The molecule has 3 heterocycles. The molecule has 0 radical (unpaired) electrons. The Kier molecular flexibility index (Phi) is 5.51. The number of hydrogen-bond donors (Lipinski definition) is 0. The Labute approximate surface area is 145 Å². The number of ether oxygens (including phenoxy) is 1. The zero-order valence-electron chi connectivity index (χ0n) is 14.9. The fourth-order valence-corrected chi connectivity index (χ4v) is 3.90. The Balaban J connectivity index is 1.51. The van der Waals surface area contributed by atoms with Crippen LogP contribution in [0.2, 0.25) is 0 Å². The second-order valence-electron chi connectivity index (χ2n) is 7.26. The van der Waals surface area contributed by atoms with Crippen molar-refractivity contribution in [3.05, 3.63) is 30.1 Å². The lowest BCUT2D eigenvalue weighted by Crippen LogP contribution is -2.46. The lowest BCUT2D eigenvalue weighted by atomic mass is 9.87. The molecule has 0 bridgehead atoms. The summed E-state index contributed by atoms with van der Waals surface area (Å²) in [5.41, 5.74) is 1.22. The van der Waals surface area contributed by atoms with E-state index in [2.05, 4.69) is 29.9 Å². The minimum atomic E-state index is -0.0170. The molecule has 0 N–H and O–H groups in total. The lowest BCUT2D eigenvalue weighted by Gasteiger charge is -2.39. The predicted molar refractivity (Wildman–Crippen MR) is 93.5 cm³/mol. The first kappa shape index (κ1) is 17.4. The summed E-state index contributed by atoms with van der Waals surface area (Å²) in [6.45, 7) is 5.45. The Morgan fingerprint density at radius 3 is 2.92 bits per heavy atom. The van der Waals surface area contributed by atoms with Crippen LogP contribution in [0.1, 0.15) is 44.6 Å². The van der Waals surface area contributed by atoms with Crippen LogP contribution in [-0.4, -0.2) is 59.1 Å². The maximum Gasteiger partial charge on any atom is 0.222 e. The third-order valence-electron chi connectivity index (χ3n) is 5.46. The van der Waals surface area contributed by atoms with Crippen LogP contribution in [0.25, 0.3) is 0 Å². The van der Waals surface area contributed by atoms with Crippen molar-refractivity contribution in [1.29, 1.82) is 0 Å². The van der Waals surface area contributed by atoms with Gasteiger partial charge in [0, 0.05) is 44.5 Å². The third kappa shape index (κ3) is 3.95. The van der Waals surface area contributed by atoms with E-state index in [-0.39, 0.29) is 5.60 Å². The van der Waals surface area contributed by atoms with Crippen LogP contribution < -0.4 is 0 Å². The summed E-state index contributed by atoms with van der Waals surface area (Å²) >= 11 is 0. The first-order valence-corrected chi connectivity index (χ1v) is 9.13. The zero-order chi connectivity index (χ0) is 17.0. The van der Waals surface area contributed by atoms with Gasteiger partial charge in [0.1, 0.15) is 0 Å². The number of likely N-dealkylation sites (N-methyl/N-ethyl adjacent to an activating group) is 1. The van der Waals surface area contributed by atoms with E-state index < -0.39 is 0 Å². The van der Waals surface area contributed by atoms with E-state index in [1.807, 2.05) is 23.4 Å². The highest BCUT2D eigenvalue weighted by Gasteiger charge is 2.44. The Morgan fingerprint density at radius 1 is 1.46 bits per heavy atom. The molecule has 3 rings (SSSR count). The maximum atomic E-state index is 12.0. The van der Waals surface area contributed by atoms with Gasteiger partial charge in [0.2, 0.25) is 5.91 Å². The number of hydrogen-bond acceptors (Lipinski definition) is 4. The van der Waals surface area contributed by atoms with Gasteiger partial charge in [-0.15, -0.1) is 0 Å². The maximum absolute atomic E-state index is 12.0. The van der Waals surface area contributed by atoms with Crippen molar-refractivity contribution in [3.8, 4) is 0 Å². The van der Waals surface area contributed by atoms with Crippen molar-refractivity contribution in [2.45, 2.75) is 57.2 Å². The summed E-state index contributed by atoms with van der Waals surface area (Å²) in [4.78, 5) is 20.6. The summed E-state index contributed by atoms with van der Waals surface area (Å²) in [5, 5.41) is 0. The average Bonchev–Trinajstić information content (AvgIpc) is 3.00. The molecule has 1 aromatic heterocycles. The molecule has 1 atom stereocenters. The van der Waals surface area contributed by atoms with E-state index in [4.69, 9.17) is 4.74 Å². The van der Waals surface area contributed by atoms with Crippen LogP contribution in [0.4, 0.5) is 0 Å². The minimum Gasteiger partial charge on any atom is -0.373 e. The van der Waals surface area contributed by atoms with Gasteiger partial charge in [-0.2, -0.15) is 0 Å². The Hall–Kier alpha value is -1.46. The summed E-state index contributed by atoms with van der Waals surface area (Å²) < 4.78 is 6.25. The van der Waals surface area contributed by atoms with Gasteiger partial charge >= 0.3 is 0 Å². The predicted octanol–water partition coefficient (Wildman–Crippen LogP) is 2.46. The smallest absolute Gasteiger partial charge is 0.222 e. The number of pyridine rings is 1. The number of nitrogens with zero attached hydrogens (tertiary/aromatic N) is 3. The Bertz CT molecular complexity index is 541. The normalized spacial score (nSPS) is 23.1. The largest absolute Gasteiger partial charge is 0.373 e. The lowest BCUT2D eigenvalue weighted by molar-refractivity contribution is -0.136. The fraction of sp³-hybridized carbons (Fsp3) is 0.684. The van der Waals surface area contributed by atoms with Crippen LogP contribution >= 0.6 is 0 Å². The van der Waals surface area contributed by atoms with Crippen molar-refractivity contribution in [2.75, 3.05) is 26.7 Å². The van der Waals surface area contributed by atoms with Crippen LogP contribution in [0, 0.1) is 0 Å². The standard InChI is InChI=1S/C19H29N3O2/c1-3-5-18(23)22-10-7-19(8-11-22)12-17(15-24-19)21(2)14-16-6-4-9-20-13-16/h4,6,9,13,17H,3,5,7-8,10-12,14-15H2,1-2H3/t17-/m1/s1. The molecular formula is C19H29N3O2. The fourth-order valence-electron chi connectivity index (χ4n) is 3.90. The molecule has 0 aliphatic carbocycles. The van der Waals surface area contributed by atoms with Crippen molar-refractivity contribution in [1.82, 2.24) is 14.8 Å². The van der Waals surface area contributed by atoms with E-state index in [0.717, 1.165) is 51.9 Å². The van der Waals surface area contributed by atoms with Gasteiger partial charge in [-0.25, -0.2) is 0 Å². The first-order valence-electron chi connectivity index (χ1n) is 9.13. The monoisotopic (exact) mass is 331 g/mol. The highest BCUT2D eigenvalue weighted by atomic mass is 16.5. The highest BCUT2D eigenvalue weighted by molar-refractivity contribution is 5.76. The second kappa shape index (κ2) is 7.62. The van der Waals surface area contributed by atoms with Gasteiger partial charge in [-0.1, -0.05) is 13.0 Å². The molecule has 0 unspecified atom stereocenters. The second-order valence-corrected chi connectivity index (χ2v) is 7.26. The zero-order valence-corrected chi connectivity index (χ0v) is 14.9. The molecule has 1 amide bonds. The summed E-state index contributed by atoms with van der Waals surface area (Å²) in [7, 11) is 2.17. The van der Waals surface area contributed by atoms with E-state index in [1.54, 1.807) is 0 Å². The molecule has 2 saturated heterocycles. The van der Waals surface area contributed by atoms with Crippen LogP contribution in [-0.2, 0) is 16.1 Å². The van der Waals surface area contributed by atoms with Gasteiger partial charge < -0.3 is 9.64 Å². The molecule has 2 aliphatic heterocycles. The molecule has 1 spiro atoms. The van der Waals surface area contributed by atoms with Gasteiger partial charge in [0.25, 0.3) is 0 Å². The summed E-state index contributed by atoms with van der Waals surface area (Å²) in [6.07, 6.45) is 8.35. The molecule has 2 aliphatic rings. The molecular weight excluding hydrogens is 302 g/mol. The molecule has 5 heteroatoms. The molecule has 0 aromatic carbocycles. The van der Waals surface area contributed by atoms with Crippen molar-refractivity contribution < 1.29 is 9.53 Å². The van der Waals surface area contributed by atoms with Crippen LogP contribution in [0.15, 0.2) is 24.5 Å². The summed E-state index contributed by atoms with van der Waals surface area (Å²) in [6, 6.07) is 4.55. The molecule has 24 heavy (non-hydrogen) atoms. The SMILES string of the molecule is CCCC(=O)N1CCC2(CC1)C[C@@H](N(C)Cc1cccnc1)CO2. The van der Waals surface area contributed by atoms with E-state index in [1.165, 1.54) is 5.56 Å². The number of amides is 1. The summed E-state index contributed by atoms with van der Waals surface area (Å²) in [5.74, 6) is 0.301. The highest BCUT2D eigenvalue weighted by Crippen LogP contribution is 2.37. The molecule has 1 aromatic rings. The third-order valence-corrected chi connectivity index (χ3v) is 5.46. The van der Waals surface area contributed by atoms with Crippen molar-refractivity contribution in [3.63, 3.8) is 0 Å². The van der Waals surface area contributed by atoms with E-state index >= 15 is 0 Å². The van der Waals surface area contributed by atoms with Crippen LogP contribution in [0.5, 0.6) is 0 Å². The van der Waals surface area contributed by atoms with Gasteiger partial charge in [0.15, 0.2) is 0 Å². The number of carbonyl (C=O) groups excluding carboxylic acids is 1. The Morgan fingerprint density at radius 2 is 2.25 bits per heavy atom. The van der Waals surface area contributed by atoms with Gasteiger partial charge in [0.05, 0.1) is 12.2 Å². The van der Waals surface area contributed by atoms with E-state index in [0.29, 0.717) is 18.4 Å². The molecule has 5 nitrogen and oxygen atoms in total. The number of piperidine rings is 1. The molecule has 0 saturated carbocycles. The molecule has 2 fully saturated rings. The number of rotatable bonds is 5.